The van der Waals surface area contributed by atoms with Crippen molar-refractivity contribution in [2.24, 2.45) is 5.73 Å². The summed E-state index contributed by atoms with van der Waals surface area (Å²) in [7, 11) is 1.62. The van der Waals surface area contributed by atoms with E-state index in [0.29, 0.717) is 17.9 Å². The number of carbonyl (C=O) groups is 1. The predicted molar refractivity (Wildman–Crippen MR) is 112 cm³/mol. The minimum absolute atomic E-state index is 0. The van der Waals surface area contributed by atoms with Gasteiger partial charge in [-0.15, -0.1) is 17.0 Å². The molecule has 5 nitrogen and oxygen atoms in total. The highest BCUT2D eigenvalue weighted by atomic mass is 79.9. The molecule has 8 heteroatoms. The number of rotatable bonds is 6. The maximum atomic E-state index is 12.5. The third-order valence-electron chi connectivity index (χ3n) is 3.31. The second kappa shape index (κ2) is 10.5. The molecule has 0 saturated heterocycles. The molecule has 0 aliphatic heterocycles. The monoisotopic (exact) mass is 487 g/mol. The largest absolute Gasteiger partial charge is 0.497 e. The first-order chi connectivity index (χ1) is 11.5. The highest BCUT2D eigenvalue weighted by Crippen LogP contribution is 2.21. The number of hydrogen-bond acceptors (Lipinski definition) is 4. The van der Waals surface area contributed by atoms with E-state index in [1.165, 1.54) is 11.8 Å². The van der Waals surface area contributed by atoms with E-state index in [1.807, 2.05) is 36.4 Å². The van der Waals surface area contributed by atoms with E-state index < -0.39 is 0 Å². The molecular weight excluding hydrogens is 470 g/mol. The van der Waals surface area contributed by atoms with Crippen molar-refractivity contribution in [1.29, 1.82) is 5.41 Å². The molecule has 0 radical (unpaired) electrons. The molecule has 0 atom stereocenters. The van der Waals surface area contributed by atoms with Crippen LogP contribution < -0.4 is 15.8 Å². The van der Waals surface area contributed by atoms with Crippen LogP contribution in [0.15, 0.2) is 46.9 Å². The summed E-state index contributed by atoms with van der Waals surface area (Å²) in [6, 6.07) is 13.0. The lowest BCUT2D eigenvalue weighted by Gasteiger charge is -2.11. The van der Waals surface area contributed by atoms with Gasteiger partial charge >= 0.3 is 0 Å². The van der Waals surface area contributed by atoms with Crippen molar-refractivity contribution < 1.29 is 9.53 Å². The summed E-state index contributed by atoms with van der Waals surface area (Å²) < 4.78 is 6.00. The van der Waals surface area contributed by atoms with Gasteiger partial charge in [0.2, 0.25) is 0 Å². The van der Waals surface area contributed by atoms with Crippen LogP contribution in [0.25, 0.3) is 0 Å². The smallest absolute Gasteiger partial charge is 0.251 e. The van der Waals surface area contributed by atoms with Gasteiger partial charge in [0.15, 0.2) is 5.17 Å². The quantitative estimate of drug-likeness (QED) is 0.422. The second-order valence-corrected chi connectivity index (χ2v) is 6.92. The fourth-order valence-electron chi connectivity index (χ4n) is 2.08. The Labute approximate surface area is 170 Å². The highest BCUT2D eigenvalue weighted by Gasteiger charge is 2.12. The zero-order valence-electron chi connectivity index (χ0n) is 13.5. The third-order valence-corrected chi connectivity index (χ3v) is 4.57. The van der Waals surface area contributed by atoms with Gasteiger partial charge in [0.25, 0.3) is 5.91 Å². The molecule has 0 spiro atoms. The van der Waals surface area contributed by atoms with Gasteiger partial charge in [-0.25, -0.2) is 0 Å². The number of nitrogens with two attached hydrogens (primary N) is 1. The molecule has 0 aliphatic rings. The Balaban J connectivity index is 0.00000312. The van der Waals surface area contributed by atoms with Gasteiger partial charge in [-0.3, -0.25) is 10.2 Å². The minimum Gasteiger partial charge on any atom is -0.497 e. The molecule has 0 fully saturated rings. The molecule has 0 unspecified atom stereocenters. The van der Waals surface area contributed by atoms with E-state index in [-0.39, 0.29) is 28.1 Å². The van der Waals surface area contributed by atoms with Crippen molar-refractivity contribution in [3.8, 4) is 5.75 Å². The molecule has 25 heavy (non-hydrogen) atoms. The van der Waals surface area contributed by atoms with Gasteiger partial charge in [-0.2, -0.15) is 0 Å². The van der Waals surface area contributed by atoms with Crippen LogP contribution in [0.4, 0.5) is 0 Å². The molecule has 2 aromatic carbocycles. The molecule has 2 rings (SSSR count). The molecule has 0 aromatic heterocycles. The number of nitrogens with one attached hydrogen (secondary N) is 2. The Morgan fingerprint density at radius 1 is 1.28 bits per heavy atom. The number of halogens is 2. The molecule has 2 aromatic rings. The number of amides is 1. The average Bonchev–Trinajstić information content (AvgIpc) is 2.58. The van der Waals surface area contributed by atoms with Crippen molar-refractivity contribution in [3.05, 3.63) is 63.6 Å². The number of benzene rings is 2. The zero-order valence-corrected chi connectivity index (χ0v) is 17.7. The van der Waals surface area contributed by atoms with Crippen molar-refractivity contribution in [1.82, 2.24) is 5.32 Å². The van der Waals surface area contributed by atoms with E-state index in [4.69, 9.17) is 15.9 Å². The second-order valence-electron chi connectivity index (χ2n) is 4.99. The molecule has 0 aliphatic carbocycles. The summed E-state index contributed by atoms with van der Waals surface area (Å²) in [5.74, 6) is 1.10. The van der Waals surface area contributed by atoms with E-state index in [0.717, 1.165) is 21.3 Å². The lowest BCUT2D eigenvalue weighted by Crippen LogP contribution is -2.24. The number of ether oxygens (including phenoxy) is 1. The Hall–Kier alpha value is -1.51. The molecular formula is C17H19Br2N3O2S. The predicted octanol–water partition coefficient (Wildman–Crippen LogP) is 4.09. The fraction of sp³-hybridized carbons (Fsp3) is 0.176. The first-order valence-corrected chi connectivity index (χ1v) is 8.94. The minimum atomic E-state index is -0.155. The van der Waals surface area contributed by atoms with Crippen LogP contribution in [0.3, 0.4) is 0 Å². The van der Waals surface area contributed by atoms with Crippen LogP contribution in [-0.4, -0.2) is 18.2 Å². The van der Waals surface area contributed by atoms with E-state index in [2.05, 4.69) is 21.2 Å². The van der Waals surface area contributed by atoms with Crippen LogP contribution in [0.2, 0.25) is 0 Å². The lowest BCUT2D eigenvalue weighted by atomic mass is 10.1. The Bertz CT molecular complexity index is 739. The van der Waals surface area contributed by atoms with E-state index in [9.17, 15) is 4.79 Å². The normalized spacial score (nSPS) is 9.84. The first-order valence-electron chi connectivity index (χ1n) is 7.16. The lowest BCUT2D eigenvalue weighted by molar-refractivity contribution is 0.0950. The van der Waals surface area contributed by atoms with Crippen LogP contribution in [0.1, 0.15) is 21.5 Å². The van der Waals surface area contributed by atoms with Crippen molar-refractivity contribution in [2.75, 3.05) is 7.11 Å². The van der Waals surface area contributed by atoms with Crippen LogP contribution >= 0.6 is 44.7 Å². The number of carbonyl (C=O) groups excluding carboxylic acids is 1. The summed E-state index contributed by atoms with van der Waals surface area (Å²) in [6.45, 7) is 0.429. The number of methoxy groups -OCH3 is 1. The van der Waals surface area contributed by atoms with E-state index >= 15 is 0 Å². The van der Waals surface area contributed by atoms with E-state index in [1.54, 1.807) is 13.2 Å². The summed E-state index contributed by atoms with van der Waals surface area (Å²) >= 11 is 4.59. The van der Waals surface area contributed by atoms with Crippen LogP contribution in [0.5, 0.6) is 5.75 Å². The zero-order chi connectivity index (χ0) is 17.5. The SMILES string of the molecule is Br.COc1ccc(CNC(=O)c2ccc(Br)cc2CSC(=N)N)cc1. The van der Waals surface area contributed by atoms with Gasteiger partial charge in [-0.05, 0) is 41.5 Å². The topological polar surface area (TPSA) is 88.2 Å². The Kier molecular flexibility index (Phi) is 9.02. The summed E-state index contributed by atoms with van der Waals surface area (Å²) in [6.07, 6.45) is 0. The maximum absolute atomic E-state index is 12.5. The first kappa shape index (κ1) is 21.5. The third kappa shape index (κ3) is 6.72. The number of thioether (sulfide) groups is 1. The molecule has 134 valence electrons. The van der Waals surface area contributed by atoms with Gasteiger partial charge in [0.1, 0.15) is 5.75 Å². The van der Waals surface area contributed by atoms with Gasteiger partial charge in [0.05, 0.1) is 7.11 Å². The summed E-state index contributed by atoms with van der Waals surface area (Å²) in [4.78, 5) is 12.5. The molecule has 4 N–H and O–H groups in total. The molecule has 1 amide bonds. The number of hydrogen-bond donors (Lipinski definition) is 3. The van der Waals surface area contributed by atoms with Crippen LogP contribution in [-0.2, 0) is 12.3 Å². The van der Waals surface area contributed by atoms with Crippen molar-refractivity contribution >= 4 is 55.7 Å². The number of amidine groups is 1. The standard InChI is InChI=1S/C17H18BrN3O2S.BrH/c1-23-14-5-2-11(3-6-14)9-21-16(22)15-7-4-13(18)8-12(15)10-24-17(19)20;/h2-8H,9-10H2,1H3,(H3,19,20)(H,21,22);1H. The summed E-state index contributed by atoms with van der Waals surface area (Å²) in [5, 5.41) is 10.3. The van der Waals surface area contributed by atoms with Crippen molar-refractivity contribution in [3.63, 3.8) is 0 Å². The molecule has 0 heterocycles. The van der Waals surface area contributed by atoms with Gasteiger partial charge in [0, 0.05) is 22.3 Å². The maximum Gasteiger partial charge on any atom is 0.251 e. The molecule has 0 saturated carbocycles. The van der Waals surface area contributed by atoms with Crippen LogP contribution in [0, 0.1) is 5.41 Å². The van der Waals surface area contributed by atoms with Crippen molar-refractivity contribution in [2.45, 2.75) is 12.3 Å². The fourth-order valence-corrected chi connectivity index (χ4v) is 3.04. The Morgan fingerprint density at radius 3 is 2.56 bits per heavy atom. The summed E-state index contributed by atoms with van der Waals surface area (Å²) in [5.41, 5.74) is 7.79. The highest BCUT2D eigenvalue weighted by molar-refractivity contribution is 9.10. The molecule has 0 bridgehead atoms. The van der Waals surface area contributed by atoms with Gasteiger partial charge in [-0.1, -0.05) is 39.8 Å². The van der Waals surface area contributed by atoms with Gasteiger partial charge < -0.3 is 15.8 Å². The Morgan fingerprint density at radius 2 is 1.96 bits per heavy atom. The average molecular weight is 489 g/mol.